The molecule has 0 heterocycles. The van der Waals surface area contributed by atoms with Crippen molar-refractivity contribution in [1.82, 2.24) is 0 Å². The molecule has 0 fully saturated rings. The van der Waals surface area contributed by atoms with Gasteiger partial charge in [-0.1, -0.05) is 0 Å². The number of carboxylic acid groups (broad SMARTS) is 1. The second kappa shape index (κ2) is 6.76. The summed E-state index contributed by atoms with van der Waals surface area (Å²) in [5.74, 6) is -1.11. The molecule has 1 rings (SSSR count). The zero-order valence-corrected chi connectivity index (χ0v) is 11.4. The van der Waals surface area contributed by atoms with Crippen LogP contribution in [0.1, 0.15) is 0 Å². The highest BCUT2D eigenvalue weighted by Crippen LogP contribution is 2.30. The lowest BCUT2D eigenvalue weighted by atomic mass is 10.3. The average Bonchev–Trinajstić information content (AvgIpc) is 2.37. The Kier molecular flexibility index (Phi) is 5.55. The van der Waals surface area contributed by atoms with Crippen molar-refractivity contribution in [2.75, 3.05) is 25.1 Å². The molecule has 0 aliphatic heterocycles. The molecule has 0 saturated carbocycles. The third-order valence-electron chi connectivity index (χ3n) is 2.27. The van der Waals surface area contributed by atoms with E-state index in [2.05, 4.69) is 5.32 Å². The summed E-state index contributed by atoms with van der Waals surface area (Å²) in [5.41, 5.74) is -4.96. The maximum absolute atomic E-state index is 12.3. The summed E-state index contributed by atoms with van der Waals surface area (Å²) in [6.45, 7) is -0.155. The van der Waals surface area contributed by atoms with Crippen LogP contribution in [0.4, 0.5) is 18.9 Å². The first kappa shape index (κ1) is 17.2. The van der Waals surface area contributed by atoms with Gasteiger partial charge in [0.1, 0.15) is 6.61 Å². The number of nitrogens with one attached hydrogen (secondary N) is 1. The fourth-order valence-electron chi connectivity index (χ4n) is 1.31. The maximum atomic E-state index is 12.3. The van der Waals surface area contributed by atoms with Gasteiger partial charge in [-0.3, -0.25) is 0 Å². The van der Waals surface area contributed by atoms with Crippen LogP contribution in [0.15, 0.2) is 29.2 Å². The lowest BCUT2D eigenvalue weighted by Crippen LogP contribution is -2.23. The molecule has 0 aromatic heterocycles. The molecule has 1 aromatic rings. The van der Waals surface area contributed by atoms with Gasteiger partial charge in [0.15, 0.2) is 0 Å². The Morgan fingerprint density at radius 3 is 2.29 bits per heavy atom. The van der Waals surface area contributed by atoms with Crippen molar-refractivity contribution in [2.24, 2.45) is 0 Å². The van der Waals surface area contributed by atoms with Gasteiger partial charge in [0.05, 0.1) is 11.5 Å². The zero-order chi connectivity index (χ0) is 16.1. The first-order valence-electron chi connectivity index (χ1n) is 5.59. The lowest BCUT2D eigenvalue weighted by molar-refractivity contribution is -0.142. The molecule has 21 heavy (non-hydrogen) atoms. The van der Waals surface area contributed by atoms with Crippen molar-refractivity contribution < 1.29 is 36.2 Å². The van der Waals surface area contributed by atoms with Crippen LogP contribution in [0.5, 0.6) is 0 Å². The molecular formula is C11H12F3NO5S. The predicted octanol–water partition coefficient (Wildman–Crippen LogP) is 1.49. The number of ether oxygens (including phenoxy) is 1. The number of hydrogen-bond acceptors (Lipinski definition) is 5. The first-order chi connectivity index (χ1) is 9.64. The SMILES string of the molecule is O=C(O)COCCNc1ccc(S(=O)(=O)C(F)(F)F)cc1. The van der Waals surface area contributed by atoms with Gasteiger partial charge < -0.3 is 15.2 Å². The van der Waals surface area contributed by atoms with Crippen molar-refractivity contribution in [3.63, 3.8) is 0 Å². The Bertz CT molecular complexity index is 583. The van der Waals surface area contributed by atoms with Crippen molar-refractivity contribution in [3.05, 3.63) is 24.3 Å². The molecule has 0 amide bonds. The quantitative estimate of drug-likeness (QED) is 0.737. The molecule has 0 aliphatic carbocycles. The third-order valence-corrected chi connectivity index (χ3v) is 3.77. The van der Waals surface area contributed by atoms with E-state index in [1.807, 2.05) is 0 Å². The standard InChI is InChI=1S/C11H12F3NO5S/c12-11(13,14)21(18,19)9-3-1-8(2-4-9)15-5-6-20-7-10(16)17/h1-4,15H,5-7H2,(H,16,17). The summed E-state index contributed by atoms with van der Waals surface area (Å²) in [7, 11) is -5.35. The molecule has 0 unspecified atom stereocenters. The average molecular weight is 327 g/mol. The number of sulfone groups is 1. The lowest BCUT2D eigenvalue weighted by Gasteiger charge is -2.10. The summed E-state index contributed by atoms with van der Waals surface area (Å²) in [4.78, 5) is 9.31. The number of benzene rings is 1. The van der Waals surface area contributed by atoms with Crippen LogP contribution in [-0.4, -0.2) is 44.8 Å². The van der Waals surface area contributed by atoms with Gasteiger partial charge in [-0.25, -0.2) is 13.2 Å². The Labute approximate surface area is 118 Å². The fourth-order valence-corrected chi connectivity index (χ4v) is 2.07. The minimum atomic E-state index is -5.35. The summed E-state index contributed by atoms with van der Waals surface area (Å²) in [6.07, 6.45) is 0. The minimum Gasteiger partial charge on any atom is -0.480 e. The second-order valence-corrected chi connectivity index (χ2v) is 5.79. The summed E-state index contributed by atoms with van der Waals surface area (Å²) >= 11 is 0. The normalized spacial score (nSPS) is 12.1. The number of alkyl halides is 3. The highest BCUT2D eigenvalue weighted by molar-refractivity contribution is 7.92. The number of anilines is 1. The molecule has 118 valence electrons. The van der Waals surface area contributed by atoms with Crippen LogP contribution in [0.2, 0.25) is 0 Å². The summed E-state index contributed by atoms with van der Waals surface area (Å²) < 4.78 is 63.9. The highest BCUT2D eigenvalue weighted by atomic mass is 32.2. The van der Waals surface area contributed by atoms with E-state index in [-0.39, 0.29) is 13.2 Å². The van der Waals surface area contributed by atoms with E-state index in [9.17, 15) is 26.4 Å². The van der Waals surface area contributed by atoms with Gasteiger partial charge >= 0.3 is 11.5 Å². The first-order valence-corrected chi connectivity index (χ1v) is 7.08. The van der Waals surface area contributed by atoms with Gasteiger partial charge in [0.25, 0.3) is 9.84 Å². The van der Waals surface area contributed by atoms with E-state index in [0.717, 1.165) is 12.1 Å². The van der Waals surface area contributed by atoms with Crippen LogP contribution < -0.4 is 5.32 Å². The van der Waals surface area contributed by atoms with E-state index >= 15 is 0 Å². The summed E-state index contributed by atoms with van der Waals surface area (Å²) in [6, 6.07) is 4.03. The van der Waals surface area contributed by atoms with Gasteiger partial charge in [-0.05, 0) is 24.3 Å². The third kappa shape index (κ3) is 4.90. The van der Waals surface area contributed by atoms with Crippen LogP contribution >= 0.6 is 0 Å². The molecular weight excluding hydrogens is 315 g/mol. The Hall–Kier alpha value is -1.81. The van der Waals surface area contributed by atoms with E-state index in [1.54, 1.807) is 0 Å². The summed E-state index contributed by atoms with van der Waals surface area (Å²) in [5, 5.41) is 11.0. The molecule has 0 aliphatic rings. The van der Waals surface area contributed by atoms with Crippen molar-refractivity contribution >= 4 is 21.5 Å². The van der Waals surface area contributed by atoms with Crippen LogP contribution in [0.25, 0.3) is 0 Å². The van der Waals surface area contributed by atoms with Crippen molar-refractivity contribution in [2.45, 2.75) is 10.4 Å². The Morgan fingerprint density at radius 2 is 1.81 bits per heavy atom. The van der Waals surface area contributed by atoms with E-state index in [4.69, 9.17) is 9.84 Å². The number of hydrogen-bond donors (Lipinski definition) is 2. The van der Waals surface area contributed by atoms with Crippen molar-refractivity contribution in [3.8, 4) is 0 Å². The molecule has 1 aromatic carbocycles. The van der Waals surface area contributed by atoms with Crippen LogP contribution in [0, 0.1) is 0 Å². The van der Waals surface area contributed by atoms with Gasteiger partial charge in [-0.15, -0.1) is 0 Å². The molecule has 0 spiro atoms. The largest absolute Gasteiger partial charge is 0.501 e. The molecule has 0 bridgehead atoms. The van der Waals surface area contributed by atoms with E-state index in [0.29, 0.717) is 5.69 Å². The molecule has 10 heteroatoms. The van der Waals surface area contributed by atoms with Gasteiger partial charge in [0, 0.05) is 12.2 Å². The Balaban J connectivity index is 2.57. The fraction of sp³-hybridized carbons (Fsp3) is 0.364. The van der Waals surface area contributed by atoms with Gasteiger partial charge in [-0.2, -0.15) is 13.2 Å². The Morgan fingerprint density at radius 1 is 1.24 bits per heavy atom. The molecule has 0 atom stereocenters. The topological polar surface area (TPSA) is 92.7 Å². The van der Waals surface area contributed by atoms with Crippen LogP contribution in [-0.2, 0) is 19.4 Å². The number of rotatable bonds is 7. The monoisotopic (exact) mass is 327 g/mol. The maximum Gasteiger partial charge on any atom is 0.501 e. The number of aliphatic carboxylic acids is 1. The number of carbonyl (C=O) groups is 1. The van der Waals surface area contributed by atoms with Crippen molar-refractivity contribution in [1.29, 1.82) is 0 Å². The molecule has 2 N–H and O–H groups in total. The molecule has 6 nitrogen and oxygen atoms in total. The highest BCUT2D eigenvalue weighted by Gasteiger charge is 2.46. The van der Waals surface area contributed by atoms with Gasteiger partial charge in [0.2, 0.25) is 0 Å². The molecule has 0 radical (unpaired) electrons. The second-order valence-electron chi connectivity index (χ2n) is 3.85. The molecule has 0 saturated heterocycles. The van der Waals surface area contributed by atoms with Crippen LogP contribution in [0.3, 0.4) is 0 Å². The number of carboxylic acids is 1. The predicted molar refractivity (Wildman–Crippen MR) is 66.6 cm³/mol. The minimum absolute atomic E-state index is 0.0783. The van der Waals surface area contributed by atoms with E-state index in [1.165, 1.54) is 12.1 Å². The number of halogens is 3. The van der Waals surface area contributed by atoms with E-state index < -0.39 is 32.8 Å². The smallest absolute Gasteiger partial charge is 0.480 e. The zero-order valence-electron chi connectivity index (χ0n) is 10.6.